The molecule has 2 aromatic rings. The van der Waals surface area contributed by atoms with E-state index in [1.54, 1.807) is 12.1 Å². The Labute approximate surface area is 160 Å². The molecule has 2 aliphatic carbocycles. The van der Waals surface area contributed by atoms with Crippen LogP contribution in [0.4, 0.5) is 28.9 Å². The highest BCUT2D eigenvalue weighted by atomic mass is 19.4. The van der Waals surface area contributed by atoms with Gasteiger partial charge < -0.3 is 5.32 Å². The molecule has 2 aromatic carbocycles. The van der Waals surface area contributed by atoms with Gasteiger partial charge in [-0.15, -0.1) is 0 Å². The van der Waals surface area contributed by atoms with Crippen molar-refractivity contribution in [2.24, 2.45) is 5.92 Å². The van der Waals surface area contributed by atoms with Crippen LogP contribution in [-0.2, 0) is 4.79 Å². The third-order valence-electron chi connectivity index (χ3n) is 5.22. The lowest BCUT2D eigenvalue weighted by Gasteiger charge is -2.24. The van der Waals surface area contributed by atoms with Crippen molar-refractivity contribution in [3.05, 3.63) is 59.9 Å². The van der Waals surface area contributed by atoms with Crippen LogP contribution in [0.5, 0.6) is 0 Å². The minimum atomic E-state index is -5.07. The van der Waals surface area contributed by atoms with E-state index < -0.39 is 17.9 Å². The van der Waals surface area contributed by atoms with Gasteiger partial charge in [-0.05, 0) is 67.6 Å². The molecule has 2 fully saturated rings. The van der Waals surface area contributed by atoms with E-state index in [0.717, 1.165) is 36.6 Å². The molecule has 3 nitrogen and oxygen atoms in total. The quantitative estimate of drug-likeness (QED) is 0.709. The van der Waals surface area contributed by atoms with E-state index >= 15 is 0 Å². The van der Waals surface area contributed by atoms with E-state index in [1.165, 1.54) is 31.0 Å². The van der Waals surface area contributed by atoms with Gasteiger partial charge in [0.05, 0.1) is 5.69 Å². The van der Waals surface area contributed by atoms with Crippen molar-refractivity contribution < 1.29 is 22.4 Å². The van der Waals surface area contributed by atoms with Crippen LogP contribution in [0.25, 0.3) is 0 Å². The highest BCUT2D eigenvalue weighted by molar-refractivity contribution is 6.03. The van der Waals surface area contributed by atoms with Crippen molar-refractivity contribution in [3.63, 3.8) is 0 Å². The van der Waals surface area contributed by atoms with E-state index in [0.29, 0.717) is 10.9 Å². The van der Waals surface area contributed by atoms with Gasteiger partial charge in [0.1, 0.15) is 5.82 Å². The number of benzene rings is 2. The number of carbonyl (C=O) groups excluding carboxylic acids is 1. The number of amides is 1. The van der Waals surface area contributed by atoms with Gasteiger partial charge in [-0.3, -0.25) is 9.69 Å². The highest BCUT2D eigenvalue weighted by Crippen LogP contribution is 2.43. The van der Waals surface area contributed by atoms with E-state index in [9.17, 15) is 22.4 Å². The molecule has 7 heteroatoms. The molecule has 0 bridgehead atoms. The Kier molecular flexibility index (Phi) is 4.87. The summed E-state index contributed by atoms with van der Waals surface area (Å²) >= 11 is 0. The second-order valence-corrected chi connectivity index (χ2v) is 7.51. The van der Waals surface area contributed by atoms with Crippen molar-refractivity contribution in [1.29, 1.82) is 0 Å². The first-order valence-corrected chi connectivity index (χ1v) is 9.33. The van der Waals surface area contributed by atoms with Gasteiger partial charge in [-0.2, -0.15) is 13.2 Å². The van der Waals surface area contributed by atoms with Crippen LogP contribution < -0.4 is 10.2 Å². The molecule has 0 saturated heterocycles. The second kappa shape index (κ2) is 7.20. The van der Waals surface area contributed by atoms with Crippen LogP contribution in [0, 0.1) is 11.7 Å². The number of nitrogens with one attached hydrogen (secondary N) is 1. The fourth-order valence-electron chi connectivity index (χ4n) is 3.45. The monoisotopic (exact) mass is 392 g/mol. The second-order valence-electron chi connectivity index (χ2n) is 7.51. The van der Waals surface area contributed by atoms with Gasteiger partial charge in [-0.1, -0.05) is 18.2 Å². The van der Waals surface area contributed by atoms with Crippen LogP contribution in [0.15, 0.2) is 48.5 Å². The molecule has 4 rings (SSSR count). The predicted molar refractivity (Wildman–Crippen MR) is 97.9 cm³/mol. The van der Waals surface area contributed by atoms with Crippen LogP contribution in [0.3, 0.4) is 0 Å². The molecular weight excluding hydrogens is 372 g/mol. The van der Waals surface area contributed by atoms with Crippen molar-refractivity contribution in [1.82, 2.24) is 5.32 Å². The average molecular weight is 392 g/mol. The minimum absolute atomic E-state index is 0.0817. The van der Waals surface area contributed by atoms with Crippen LogP contribution in [-0.4, -0.2) is 24.7 Å². The Bertz CT molecular complexity index is 879. The summed E-state index contributed by atoms with van der Waals surface area (Å²) < 4.78 is 53.2. The van der Waals surface area contributed by atoms with Gasteiger partial charge in [0.15, 0.2) is 0 Å². The van der Waals surface area contributed by atoms with Crippen molar-refractivity contribution >= 4 is 17.3 Å². The molecule has 0 aromatic heterocycles. The number of alkyl halides is 3. The normalized spacial score (nSPS) is 21.4. The van der Waals surface area contributed by atoms with E-state index in [4.69, 9.17) is 0 Å². The fraction of sp³-hybridized carbons (Fsp3) is 0.381. The summed E-state index contributed by atoms with van der Waals surface area (Å²) in [5, 5.41) is 3.49. The van der Waals surface area contributed by atoms with Gasteiger partial charge in [-0.25, -0.2) is 4.39 Å². The molecule has 1 amide bonds. The topological polar surface area (TPSA) is 32.3 Å². The lowest BCUT2D eigenvalue weighted by Crippen LogP contribution is -2.38. The van der Waals surface area contributed by atoms with E-state index in [2.05, 4.69) is 5.32 Å². The summed E-state index contributed by atoms with van der Waals surface area (Å²) in [6, 6.07) is 11.5. The summed E-state index contributed by atoms with van der Waals surface area (Å²) in [4.78, 5) is 12.6. The summed E-state index contributed by atoms with van der Waals surface area (Å²) in [5.41, 5.74) is 0.805. The molecule has 1 N–H and O–H groups in total. The Morgan fingerprint density at radius 3 is 2.39 bits per heavy atom. The Morgan fingerprint density at radius 1 is 1.07 bits per heavy atom. The molecule has 0 radical (unpaired) electrons. The number of halogens is 4. The van der Waals surface area contributed by atoms with E-state index in [1.807, 2.05) is 6.07 Å². The zero-order chi connectivity index (χ0) is 19.9. The first-order chi connectivity index (χ1) is 13.3. The number of hydrogen-bond acceptors (Lipinski definition) is 2. The maximum Gasteiger partial charge on any atom is 0.472 e. The number of carbonyl (C=O) groups is 1. The molecule has 0 spiro atoms. The Balaban J connectivity index is 1.60. The highest BCUT2D eigenvalue weighted by Gasteiger charge is 2.44. The summed E-state index contributed by atoms with van der Waals surface area (Å²) in [6.45, 7) is 0.975. The van der Waals surface area contributed by atoms with Gasteiger partial charge >= 0.3 is 12.1 Å². The molecule has 2 saturated carbocycles. The molecule has 148 valence electrons. The lowest BCUT2D eigenvalue weighted by molar-refractivity contribution is -0.169. The van der Waals surface area contributed by atoms with E-state index in [-0.39, 0.29) is 17.3 Å². The zero-order valence-corrected chi connectivity index (χ0v) is 15.0. The first-order valence-electron chi connectivity index (χ1n) is 9.33. The summed E-state index contributed by atoms with van der Waals surface area (Å²) in [5.74, 6) is -1.79. The minimum Gasteiger partial charge on any atom is -0.313 e. The van der Waals surface area contributed by atoms with Crippen LogP contribution in [0.2, 0.25) is 0 Å². The lowest BCUT2D eigenvalue weighted by atomic mass is 10.1. The molecule has 2 atom stereocenters. The molecule has 0 aliphatic heterocycles. The number of rotatable bonds is 6. The number of anilines is 2. The van der Waals surface area contributed by atoms with Crippen LogP contribution in [0.1, 0.15) is 30.7 Å². The number of hydrogen-bond donors (Lipinski definition) is 1. The first kappa shape index (κ1) is 18.9. The van der Waals surface area contributed by atoms with Gasteiger partial charge in [0, 0.05) is 17.6 Å². The summed E-state index contributed by atoms with van der Waals surface area (Å²) in [7, 11) is 0. The molecule has 28 heavy (non-hydrogen) atoms. The fourth-order valence-corrected chi connectivity index (χ4v) is 3.45. The van der Waals surface area contributed by atoms with Crippen molar-refractivity contribution in [2.75, 3.05) is 11.4 Å². The van der Waals surface area contributed by atoms with Gasteiger partial charge in [0.25, 0.3) is 0 Å². The SMILES string of the molecule is O=C(N(c1cccc(F)c1)c1cccc(C2CC2NCC2CC2)c1)C(F)(F)F. The Hall–Kier alpha value is -2.41. The predicted octanol–water partition coefficient (Wildman–Crippen LogP) is 4.91. The summed E-state index contributed by atoms with van der Waals surface area (Å²) in [6.07, 6.45) is -1.65. The molecular formula is C21H20F4N2O. The largest absolute Gasteiger partial charge is 0.472 e. The molecule has 2 unspecified atom stereocenters. The Morgan fingerprint density at radius 2 is 1.75 bits per heavy atom. The maximum absolute atomic E-state index is 13.6. The van der Waals surface area contributed by atoms with Gasteiger partial charge in [0.2, 0.25) is 0 Å². The standard InChI is InChI=1S/C21H20F4N2O/c22-15-4-2-6-17(10-15)27(20(28)21(23,24)25)16-5-1-3-14(9-16)18-11-19(18)26-12-13-7-8-13/h1-6,9-10,13,18-19,26H,7-8,11-12H2. The molecule has 0 heterocycles. The molecule has 2 aliphatic rings. The maximum atomic E-state index is 13.6. The van der Waals surface area contributed by atoms with Crippen molar-refractivity contribution in [3.8, 4) is 0 Å². The number of nitrogens with zero attached hydrogens (tertiary/aromatic N) is 1. The smallest absolute Gasteiger partial charge is 0.313 e. The average Bonchev–Trinajstić information content (AvgIpc) is 3.54. The third kappa shape index (κ3) is 4.19. The third-order valence-corrected chi connectivity index (χ3v) is 5.22. The van der Waals surface area contributed by atoms with Crippen LogP contribution >= 0.6 is 0 Å². The van der Waals surface area contributed by atoms with Crippen molar-refractivity contribution in [2.45, 2.75) is 37.4 Å². The zero-order valence-electron chi connectivity index (χ0n) is 15.0.